The van der Waals surface area contributed by atoms with Crippen molar-refractivity contribution in [3.05, 3.63) is 65.7 Å². The molecular formula is C20H21F3N2O2. The first-order chi connectivity index (χ1) is 12.9. The van der Waals surface area contributed by atoms with Crippen LogP contribution in [0.5, 0.6) is 5.75 Å². The van der Waals surface area contributed by atoms with E-state index >= 15 is 0 Å². The molecule has 4 nitrogen and oxygen atoms in total. The van der Waals surface area contributed by atoms with Gasteiger partial charge in [0.05, 0.1) is 5.56 Å². The number of nitrogens with zero attached hydrogens (tertiary/aromatic N) is 2. The van der Waals surface area contributed by atoms with E-state index in [4.69, 9.17) is 4.74 Å². The average Bonchev–Trinajstić information content (AvgIpc) is 2.67. The Morgan fingerprint density at radius 2 is 1.56 bits per heavy atom. The molecule has 0 unspecified atom stereocenters. The smallest absolute Gasteiger partial charge is 0.416 e. The van der Waals surface area contributed by atoms with Crippen LogP contribution in [-0.4, -0.2) is 48.5 Å². The third-order valence-electron chi connectivity index (χ3n) is 4.52. The first-order valence-corrected chi connectivity index (χ1v) is 8.76. The van der Waals surface area contributed by atoms with Crippen molar-refractivity contribution < 1.29 is 22.7 Å². The Kier molecular flexibility index (Phi) is 6.01. The first-order valence-electron chi connectivity index (χ1n) is 8.76. The van der Waals surface area contributed by atoms with Crippen molar-refractivity contribution in [2.45, 2.75) is 12.7 Å². The standard InChI is InChI=1S/C20H21F3N2O2/c21-20(22,23)17-8-6-16(7-9-17)14-24-10-12-25(13-11-24)19(26)15-27-18-4-2-1-3-5-18/h1-9H,10-15H2. The van der Waals surface area contributed by atoms with Crippen molar-refractivity contribution in [2.24, 2.45) is 0 Å². The lowest BCUT2D eigenvalue weighted by molar-refractivity contribution is -0.137. The average molecular weight is 378 g/mol. The van der Waals surface area contributed by atoms with Crippen LogP contribution in [0.4, 0.5) is 13.2 Å². The van der Waals surface area contributed by atoms with E-state index in [1.54, 1.807) is 17.0 Å². The molecule has 144 valence electrons. The quantitative estimate of drug-likeness (QED) is 0.799. The normalized spacial score (nSPS) is 15.6. The highest BCUT2D eigenvalue weighted by atomic mass is 19.4. The minimum Gasteiger partial charge on any atom is -0.484 e. The summed E-state index contributed by atoms with van der Waals surface area (Å²) in [5.41, 5.74) is 0.190. The fourth-order valence-corrected chi connectivity index (χ4v) is 2.97. The molecule has 1 heterocycles. The number of hydrogen-bond donors (Lipinski definition) is 0. The second-order valence-corrected chi connectivity index (χ2v) is 6.45. The van der Waals surface area contributed by atoms with Gasteiger partial charge in [0.2, 0.25) is 0 Å². The van der Waals surface area contributed by atoms with E-state index in [1.165, 1.54) is 12.1 Å². The molecule has 0 radical (unpaired) electrons. The molecule has 2 aromatic carbocycles. The van der Waals surface area contributed by atoms with Gasteiger partial charge in [-0.25, -0.2) is 0 Å². The molecule has 0 atom stereocenters. The zero-order valence-corrected chi connectivity index (χ0v) is 14.8. The van der Waals surface area contributed by atoms with Gasteiger partial charge in [-0.05, 0) is 29.8 Å². The number of piperazine rings is 1. The SMILES string of the molecule is O=C(COc1ccccc1)N1CCN(Cc2ccc(C(F)(F)F)cc2)CC1. The highest BCUT2D eigenvalue weighted by molar-refractivity contribution is 5.77. The summed E-state index contributed by atoms with van der Waals surface area (Å²) in [5, 5.41) is 0. The summed E-state index contributed by atoms with van der Waals surface area (Å²) in [5.74, 6) is 0.597. The Morgan fingerprint density at radius 3 is 2.15 bits per heavy atom. The number of amides is 1. The molecule has 0 aliphatic carbocycles. The summed E-state index contributed by atoms with van der Waals surface area (Å²) >= 11 is 0. The van der Waals surface area contributed by atoms with Gasteiger partial charge in [0, 0.05) is 32.7 Å². The van der Waals surface area contributed by atoms with Crippen LogP contribution in [0.1, 0.15) is 11.1 Å². The van der Waals surface area contributed by atoms with E-state index in [9.17, 15) is 18.0 Å². The molecule has 0 saturated carbocycles. The predicted octanol–water partition coefficient (Wildman–Crippen LogP) is 3.43. The van der Waals surface area contributed by atoms with Crippen LogP contribution < -0.4 is 4.74 Å². The van der Waals surface area contributed by atoms with Gasteiger partial charge in [-0.3, -0.25) is 9.69 Å². The highest BCUT2D eigenvalue weighted by Gasteiger charge is 2.30. The van der Waals surface area contributed by atoms with Gasteiger partial charge in [0.1, 0.15) is 5.75 Å². The molecule has 1 aliphatic heterocycles. The third-order valence-corrected chi connectivity index (χ3v) is 4.52. The molecule has 1 saturated heterocycles. The maximum absolute atomic E-state index is 12.6. The second-order valence-electron chi connectivity index (χ2n) is 6.45. The van der Waals surface area contributed by atoms with Crippen LogP contribution >= 0.6 is 0 Å². The van der Waals surface area contributed by atoms with E-state index in [0.29, 0.717) is 38.5 Å². The molecule has 27 heavy (non-hydrogen) atoms. The lowest BCUT2D eigenvalue weighted by Crippen LogP contribution is -2.49. The molecule has 0 bridgehead atoms. The predicted molar refractivity (Wildman–Crippen MR) is 95.2 cm³/mol. The minimum atomic E-state index is -4.31. The fraction of sp³-hybridized carbons (Fsp3) is 0.350. The molecular weight excluding hydrogens is 357 g/mol. The summed E-state index contributed by atoms with van der Waals surface area (Å²) < 4.78 is 43.3. The number of hydrogen-bond acceptors (Lipinski definition) is 3. The van der Waals surface area contributed by atoms with Crippen molar-refractivity contribution >= 4 is 5.91 Å². The number of ether oxygens (including phenoxy) is 1. The van der Waals surface area contributed by atoms with Gasteiger partial charge in [0.25, 0.3) is 5.91 Å². The van der Waals surface area contributed by atoms with E-state index in [2.05, 4.69) is 4.90 Å². The Hall–Kier alpha value is -2.54. The van der Waals surface area contributed by atoms with Gasteiger partial charge in [-0.1, -0.05) is 30.3 Å². The number of rotatable bonds is 5. The zero-order valence-electron chi connectivity index (χ0n) is 14.8. The van der Waals surface area contributed by atoms with Crippen molar-refractivity contribution in [1.82, 2.24) is 9.80 Å². The molecule has 7 heteroatoms. The summed E-state index contributed by atoms with van der Waals surface area (Å²) in [7, 11) is 0. The number of benzene rings is 2. The van der Waals surface area contributed by atoms with Crippen molar-refractivity contribution in [2.75, 3.05) is 32.8 Å². The Balaban J connectivity index is 1.44. The number of halogens is 3. The van der Waals surface area contributed by atoms with Gasteiger partial charge in [-0.15, -0.1) is 0 Å². The fourth-order valence-electron chi connectivity index (χ4n) is 2.97. The molecule has 3 rings (SSSR count). The Morgan fingerprint density at radius 1 is 0.926 bits per heavy atom. The summed E-state index contributed by atoms with van der Waals surface area (Å²) in [4.78, 5) is 16.1. The van der Waals surface area contributed by atoms with Crippen molar-refractivity contribution in [1.29, 1.82) is 0 Å². The number of para-hydroxylation sites is 1. The third kappa shape index (κ3) is 5.47. The molecule has 1 aliphatic rings. The van der Waals surface area contributed by atoms with Crippen LogP contribution in [0.3, 0.4) is 0 Å². The number of carbonyl (C=O) groups is 1. The largest absolute Gasteiger partial charge is 0.484 e. The van der Waals surface area contributed by atoms with Gasteiger partial charge < -0.3 is 9.64 Å². The minimum absolute atomic E-state index is 0.00289. The molecule has 0 spiro atoms. The number of carbonyl (C=O) groups excluding carboxylic acids is 1. The molecule has 1 fully saturated rings. The Bertz CT molecular complexity index is 740. The Labute approximate surface area is 156 Å². The molecule has 0 aromatic heterocycles. The van der Waals surface area contributed by atoms with Gasteiger partial charge >= 0.3 is 6.18 Å². The van der Waals surface area contributed by atoms with Crippen LogP contribution in [0, 0.1) is 0 Å². The zero-order chi connectivity index (χ0) is 19.3. The van der Waals surface area contributed by atoms with Gasteiger partial charge in [0.15, 0.2) is 6.61 Å². The van der Waals surface area contributed by atoms with Crippen LogP contribution in [0.2, 0.25) is 0 Å². The topological polar surface area (TPSA) is 32.8 Å². The highest BCUT2D eigenvalue weighted by Crippen LogP contribution is 2.29. The molecule has 0 N–H and O–H groups in total. The van der Waals surface area contributed by atoms with Crippen LogP contribution in [-0.2, 0) is 17.5 Å². The monoisotopic (exact) mass is 378 g/mol. The first kappa shape index (κ1) is 19.2. The molecule has 2 aromatic rings. The van der Waals surface area contributed by atoms with Crippen LogP contribution in [0.15, 0.2) is 54.6 Å². The summed E-state index contributed by atoms with van der Waals surface area (Å²) in [6, 6.07) is 14.4. The summed E-state index contributed by atoms with van der Waals surface area (Å²) in [6.07, 6.45) is -4.31. The van der Waals surface area contributed by atoms with E-state index < -0.39 is 11.7 Å². The van der Waals surface area contributed by atoms with Gasteiger partial charge in [-0.2, -0.15) is 13.2 Å². The van der Waals surface area contributed by atoms with E-state index in [1.807, 2.05) is 18.2 Å². The second kappa shape index (κ2) is 8.43. The lowest BCUT2D eigenvalue weighted by atomic mass is 10.1. The number of alkyl halides is 3. The maximum atomic E-state index is 12.6. The maximum Gasteiger partial charge on any atom is 0.416 e. The van der Waals surface area contributed by atoms with E-state index in [-0.39, 0.29) is 12.5 Å². The van der Waals surface area contributed by atoms with Crippen molar-refractivity contribution in [3.63, 3.8) is 0 Å². The molecule has 1 amide bonds. The summed E-state index contributed by atoms with van der Waals surface area (Å²) in [6.45, 7) is 3.09. The van der Waals surface area contributed by atoms with E-state index in [0.717, 1.165) is 17.7 Å². The lowest BCUT2D eigenvalue weighted by Gasteiger charge is -2.34. The van der Waals surface area contributed by atoms with Crippen molar-refractivity contribution in [3.8, 4) is 5.75 Å². The van der Waals surface area contributed by atoms with Crippen LogP contribution in [0.25, 0.3) is 0 Å².